The van der Waals surface area contributed by atoms with Gasteiger partial charge in [-0.1, -0.05) is 48.5 Å². The number of aromatic nitrogens is 4. The number of carbonyl (C=O) groups is 2. The summed E-state index contributed by atoms with van der Waals surface area (Å²) in [4.78, 5) is 44.6. The number of alkyl carbamates (subject to hydrolysis) is 1. The van der Waals surface area contributed by atoms with Crippen LogP contribution < -0.4 is 10.6 Å². The quantitative estimate of drug-likeness (QED) is 0.138. The molecule has 3 aliphatic heterocycles. The van der Waals surface area contributed by atoms with Crippen molar-refractivity contribution in [1.82, 2.24) is 35.5 Å². The summed E-state index contributed by atoms with van der Waals surface area (Å²) in [6.45, 7) is 2.88. The summed E-state index contributed by atoms with van der Waals surface area (Å²) in [7, 11) is 1.32. The van der Waals surface area contributed by atoms with Crippen molar-refractivity contribution in [1.29, 1.82) is 0 Å². The standard InChI is InChI=1S/C41H45N7O4/c1-51-40(50)47-36(27-12-17-52-18-13-27)39(49)48-16-2-3-35(48)38-43-23-34(46-38)31-11-10-29-19-28(8-9-30(29)20-31)25-4-6-26(7-5-25)33-22-42-37(45-33)32-21-41(14-15-41)24-44-32/h4-11,19-20,22-23,27,32,35-36,44H,2-3,12-18,21,24H2,1H3,(H,42,45)(H,43,46)(H,47,50)/t32-,35-,36-/m0/s1. The van der Waals surface area contributed by atoms with Gasteiger partial charge >= 0.3 is 6.09 Å². The molecule has 0 radical (unpaired) electrons. The molecule has 268 valence electrons. The zero-order valence-electron chi connectivity index (χ0n) is 29.5. The van der Waals surface area contributed by atoms with Crippen molar-refractivity contribution < 1.29 is 19.1 Å². The third-order valence-corrected chi connectivity index (χ3v) is 11.8. The summed E-state index contributed by atoms with van der Waals surface area (Å²) in [5, 5.41) is 8.78. The number of aromatic amines is 2. The lowest BCUT2D eigenvalue weighted by Gasteiger charge is -2.34. The van der Waals surface area contributed by atoms with E-state index in [0.29, 0.717) is 44.1 Å². The number of amides is 2. The fourth-order valence-corrected chi connectivity index (χ4v) is 8.53. The van der Waals surface area contributed by atoms with E-state index in [0.717, 1.165) is 75.4 Å². The normalized spacial score (nSPS) is 21.8. The summed E-state index contributed by atoms with van der Waals surface area (Å²) >= 11 is 0. The van der Waals surface area contributed by atoms with Crippen LogP contribution in [-0.4, -0.2) is 76.3 Å². The molecule has 9 rings (SSSR count). The van der Waals surface area contributed by atoms with Crippen molar-refractivity contribution >= 4 is 22.8 Å². The lowest BCUT2D eigenvalue weighted by atomic mass is 9.90. The molecule has 11 nitrogen and oxygen atoms in total. The van der Waals surface area contributed by atoms with Crippen LogP contribution in [-0.2, 0) is 14.3 Å². The number of hydrogen-bond acceptors (Lipinski definition) is 7. The number of fused-ring (bicyclic) bond motifs is 1. The average molecular weight is 700 g/mol. The molecular formula is C41H45N7O4. The van der Waals surface area contributed by atoms with Crippen molar-refractivity contribution in [3.63, 3.8) is 0 Å². The van der Waals surface area contributed by atoms with E-state index in [9.17, 15) is 9.59 Å². The SMILES string of the molecule is COC(=O)N[C@H](C(=O)N1CCC[C@H]1c1ncc(-c2ccc3cc(-c4ccc(-c5cnc([C@@H]6CC7(CC7)CN6)[nH]5)cc4)ccc3c2)[nH]1)C1CCOCC1. The summed E-state index contributed by atoms with van der Waals surface area (Å²) in [6, 6.07) is 21.2. The number of carbonyl (C=O) groups excluding carboxylic acids is 2. The maximum absolute atomic E-state index is 13.9. The van der Waals surface area contributed by atoms with Gasteiger partial charge in [0.2, 0.25) is 5.91 Å². The van der Waals surface area contributed by atoms with Gasteiger partial charge in [-0.25, -0.2) is 14.8 Å². The van der Waals surface area contributed by atoms with Crippen LogP contribution in [0, 0.1) is 11.3 Å². The van der Waals surface area contributed by atoms with Crippen LogP contribution in [0.1, 0.15) is 68.7 Å². The highest BCUT2D eigenvalue weighted by Gasteiger charge is 2.49. The molecule has 4 N–H and O–H groups in total. The molecule has 0 bridgehead atoms. The molecular weight excluding hydrogens is 654 g/mol. The molecule has 1 saturated carbocycles. The first-order valence-electron chi connectivity index (χ1n) is 18.7. The fraction of sp³-hybridized carbons (Fsp3) is 0.415. The minimum absolute atomic E-state index is 0.00409. The second kappa shape index (κ2) is 13.5. The Bertz CT molecular complexity index is 2100. The molecule has 5 heterocycles. The molecule has 4 aliphatic rings. The van der Waals surface area contributed by atoms with E-state index in [1.807, 2.05) is 17.3 Å². The van der Waals surface area contributed by atoms with E-state index in [1.165, 1.54) is 26.4 Å². The van der Waals surface area contributed by atoms with Crippen LogP contribution in [0.3, 0.4) is 0 Å². The number of H-pyrrole nitrogens is 2. The summed E-state index contributed by atoms with van der Waals surface area (Å²) in [5.41, 5.74) is 6.98. The number of imidazole rings is 2. The number of likely N-dealkylation sites (tertiary alicyclic amines) is 1. The van der Waals surface area contributed by atoms with E-state index in [2.05, 4.69) is 81.3 Å². The molecule has 0 unspecified atom stereocenters. The van der Waals surface area contributed by atoms with E-state index in [4.69, 9.17) is 19.4 Å². The first-order chi connectivity index (χ1) is 25.4. The first-order valence-corrected chi connectivity index (χ1v) is 18.7. The Balaban J connectivity index is 0.888. The minimum Gasteiger partial charge on any atom is -0.453 e. The molecule has 3 saturated heterocycles. The third-order valence-electron chi connectivity index (χ3n) is 11.8. The minimum atomic E-state index is -0.659. The van der Waals surface area contributed by atoms with E-state index >= 15 is 0 Å². The van der Waals surface area contributed by atoms with Crippen molar-refractivity contribution in [2.45, 2.75) is 63.1 Å². The van der Waals surface area contributed by atoms with Crippen LogP contribution in [0.5, 0.6) is 0 Å². The van der Waals surface area contributed by atoms with Gasteiger partial charge in [0.05, 0.1) is 43.0 Å². The second-order valence-electron chi connectivity index (χ2n) is 15.1. The second-order valence-corrected chi connectivity index (χ2v) is 15.1. The van der Waals surface area contributed by atoms with Crippen molar-refractivity contribution in [2.75, 3.05) is 33.4 Å². The molecule has 3 atom stereocenters. The predicted molar refractivity (Wildman–Crippen MR) is 198 cm³/mol. The number of hydrogen-bond donors (Lipinski definition) is 4. The summed E-state index contributed by atoms with van der Waals surface area (Å²) in [6.07, 6.45) is 10.2. The van der Waals surface area contributed by atoms with Gasteiger partial charge in [-0.05, 0) is 95.9 Å². The number of benzene rings is 3. The van der Waals surface area contributed by atoms with Gasteiger partial charge in [0.25, 0.3) is 0 Å². The monoisotopic (exact) mass is 699 g/mol. The molecule has 5 aromatic rings. The van der Waals surface area contributed by atoms with Gasteiger partial charge in [0.1, 0.15) is 17.7 Å². The number of nitrogens with one attached hydrogen (secondary N) is 4. The molecule has 2 aromatic heterocycles. The molecule has 4 fully saturated rings. The topological polar surface area (TPSA) is 137 Å². The Morgan fingerprint density at radius 3 is 2.25 bits per heavy atom. The highest BCUT2D eigenvalue weighted by atomic mass is 16.5. The molecule has 11 heteroatoms. The van der Waals surface area contributed by atoms with Gasteiger partial charge in [0, 0.05) is 31.9 Å². The van der Waals surface area contributed by atoms with Crippen molar-refractivity contribution in [2.24, 2.45) is 11.3 Å². The Hall–Kier alpha value is -5.00. The van der Waals surface area contributed by atoms with Crippen LogP contribution in [0.4, 0.5) is 4.79 Å². The van der Waals surface area contributed by atoms with Crippen molar-refractivity contribution in [3.8, 4) is 33.6 Å². The van der Waals surface area contributed by atoms with Gasteiger partial charge in [-0.2, -0.15) is 0 Å². The Labute approximate surface area is 302 Å². The molecule has 52 heavy (non-hydrogen) atoms. The summed E-state index contributed by atoms with van der Waals surface area (Å²) in [5.74, 6) is 1.71. The maximum atomic E-state index is 13.9. The smallest absolute Gasteiger partial charge is 0.407 e. The van der Waals surface area contributed by atoms with E-state index < -0.39 is 12.1 Å². The van der Waals surface area contributed by atoms with Gasteiger partial charge in [-0.15, -0.1) is 0 Å². The van der Waals surface area contributed by atoms with Gasteiger partial charge < -0.3 is 35.0 Å². The number of rotatable bonds is 8. The lowest BCUT2D eigenvalue weighted by molar-refractivity contribution is -0.136. The predicted octanol–water partition coefficient (Wildman–Crippen LogP) is 6.92. The van der Waals surface area contributed by atoms with Crippen LogP contribution in [0.25, 0.3) is 44.4 Å². The Morgan fingerprint density at radius 2 is 1.52 bits per heavy atom. The Kier molecular flexibility index (Phi) is 8.55. The van der Waals surface area contributed by atoms with Gasteiger partial charge in [0.15, 0.2) is 0 Å². The number of nitrogens with zero attached hydrogens (tertiary/aromatic N) is 3. The highest BCUT2D eigenvalue weighted by Crippen LogP contribution is 2.54. The van der Waals surface area contributed by atoms with Crippen LogP contribution in [0.15, 0.2) is 73.1 Å². The summed E-state index contributed by atoms with van der Waals surface area (Å²) < 4.78 is 10.4. The van der Waals surface area contributed by atoms with Crippen LogP contribution >= 0.6 is 0 Å². The number of methoxy groups -OCH3 is 1. The number of ether oxygens (including phenoxy) is 2. The Morgan fingerprint density at radius 1 is 0.865 bits per heavy atom. The van der Waals surface area contributed by atoms with Crippen LogP contribution in [0.2, 0.25) is 0 Å². The third kappa shape index (κ3) is 6.36. The van der Waals surface area contributed by atoms with Gasteiger partial charge in [-0.3, -0.25) is 4.79 Å². The maximum Gasteiger partial charge on any atom is 0.407 e. The average Bonchev–Trinajstić information content (AvgIpc) is 3.74. The highest BCUT2D eigenvalue weighted by molar-refractivity contribution is 5.91. The van der Waals surface area contributed by atoms with E-state index in [1.54, 1.807) is 0 Å². The largest absolute Gasteiger partial charge is 0.453 e. The molecule has 1 spiro atoms. The van der Waals surface area contributed by atoms with E-state index in [-0.39, 0.29) is 17.9 Å². The molecule has 3 aromatic carbocycles. The van der Waals surface area contributed by atoms with Crippen molar-refractivity contribution in [3.05, 3.63) is 84.7 Å². The fourth-order valence-electron chi connectivity index (χ4n) is 8.53. The molecule has 1 aliphatic carbocycles. The first kappa shape index (κ1) is 32.9. The zero-order chi connectivity index (χ0) is 35.2. The lowest BCUT2D eigenvalue weighted by Crippen LogP contribution is -2.53. The zero-order valence-corrected chi connectivity index (χ0v) is 29.5. The molecule has 2 amide bonds.